The van der Waals surface area contributed by atoms with E-state index in [-0.39, 0.29) is 44.9 Å². The summed E-state index contributed by atoms with van der Waals surface area (Å²) in [5, 5.41) is 10.6. The van der Waals surface area contributed by atoms with Gasteiger partial charge in [0.25, 0.3) is 0 Å². The quantitative estimate of drug-likeness (QED) is 0.131. The molecule has 0 spiro atoms. The number of ether oxygens (including phenoxy) is 2. The zero-order valence-corrected chi connectivity index (χ0v) is 41.9. The van der Waals surface area contributed by atoms with Crippen LogP contribution in [-0.2, 0) is 22.8 Å². The van der Waals surface area contributed by atoms with Gasteiger partial charge >= 0.3 is 0 Å². The Morgan fingerprint density at radius 3 is 1.74 bits per heavy atom. The fraction of sp³-hybridized carbons (Fsp3) is 0.911. The third-order valence-corrected chi connectivity index (χ3v) is 28.6. The fourth-order valence-electron chi connectivity index (χ4n) is 8.33. The normalized spacial score (nSPS) is 29.4. The summed E-state index contributed by atoms with van der Waals surface area (Å²) < 4.78 is 34.7. The maximum atomic E-state index is 10.2. The van der Waals surface area contributed by atoms with Crippen LogP contribution in [0.5, 0.6) is 0 Å². The summed E-state index contributed by atoms with van der Waals surface area (Å²) in [6, 6.07) is 0. The molecule has 3 fully saturated rings. The molecule has 6 atom stereocenters. The molecule has 0 aromatic heterocycles. The van der Waals surface area contributed by atoms with Gasteiger partial charge in [-0.1, -0.05) is 92.5 Å². The molecule has 0 heterocycles. The molecule has 0 bridgehead atoms. The summed E-state index contributed by atoms with van der Waals surface area (Å²) in [7, 11) is -6.15. The minimum Gasteiger partial charge on any atom is -0.414 e. The van der Waals surface area contributed by atoms with Crippen LogP contribution in [0.2, 0.25) is 54.4 Å². The van der Waals surface area contributed by atoms with Crippen LogP contribution in [0, 0.1) is 17.3 Å². The largest absolute Gasteiger partial charge is 0.414 e. The van der Waals surface area contributed by atoms with Crippen LogP contribution in [0.25, 0.3) is 0 Å². The average Bonchev–Trinajstić information content (AvgIpc) is 3.34. The average molecular weight is 809 g/mol. The van der Waals surface area contributed by atoms with Gasteiger partial charge in [-0.3, -0.25) is 0 Å². The van der Waals surface area contributed by atoms with E-state index in [0.29, 0.717) is 38.1 Å². The lowest BCUT2D eigenvalue weighted by atomic mass is 9.62. The molecule has 0 aromatic carbocycles. The third-order valence-electron chi connectivity index (χ3n) is 15.1. The number of rotatable bonds is 15. The Balaban J connectivity index is 1.95. The summed E-state index contributed by atoms with van der Waals surface area (Å²) in [4.78, 5) is 0. The highest BCUT2D eigenvalue weighted by atomic mass is 28.4. The molecule has 3 aliphatic rings. The molecule has 3 rings (SSSR count). The highest BCUT2D eigenvalue weighted by molar-refractivity contribution is 6.75. The van der Waals surface area contributed by atoms with Crippen molar-refractivity contribution < 1.29 is 27.9 Å². The Kier molecular flexibility index (Phi) is 15.8. The summed E-state index contributed by atoms with van der Waals surface area (Å²) >= 11 is 0. The van der Waals surface area contributed by atoms with Crippen LogP contribution in [0.1, 0.15) is 141 Å². The van der Waals surface area contributed by atoms with E-state index >= 15 is 0 Å². The lowest BCUT2D eigenvalue weighted by Gasteiger charge is -2.48. The summed E-state index contributed by atoms with van der Waals surface area (Å²) in [5.74, 6) is 1.13. The molecule has 3 unspecified atom stereocenters. The first-order valence-corrected chi connectivity index (χ1v) is 30.4. The van der Waals surface area contributed by atoms with Gasteiger partial charge in [-0.05, 0) is 144 Å². The van der Waals surface area contributed by atoms with Gasteiger partial charge < -0.3 is 27.9 Å². The molecule has 316 valence electrons. The van der Waals surface area contributed by atoms with Gasteiger partial charge in [0.1, 0.15) is 6.10 Å². The van der Waals surface area contributed by atoms with Gasteiger partial charge in [-0.25, -0.2) is 0 Å². The topological polar surface area (TPSA) is 66.4 Å². The first-order chi connectivity index (χ1) is 24.3. The number of fused-ring (bicyclic) bond motifs is 1. The van der Waals surface area contributed by atoms with Crippen LogP contribution in [0.4, 0.5) is 0 Å². The van der Waals surface area contributed by atoms with E-state index in [0.717, 1.165) is 12.8 Å². The molecule has 1 N–H and O–H groups in total. The fourth-order valence-corrected chi connectivity index (χ4v) is 12.0. The van der Waals surface area contributed by atoms with Crippen LogP contribution in [-0.4, -0.2) is 79.9 Å². The lowest BCUT2D eigenvalue weighted by molar-refractivity contribution is -0.105. The molecule has 9 heteroatoms. The van der Waals surface area contributed by atoms with E-state index < -0.39 is 30.6 Å². The first-order valence-electron chi connectivity index (χ1n) is 21.6. The zero-order valence-electron chi connectivity index (χ0n) is 38.9. The molecular weight excluding hydrogens is 721 g/mol. The van der Waals surface area contributed by atoms with Crippen LogP contribution < -0.4 is 0 Å². The highest BCUT2D eigenvalue weighted by Gasteiger charge is 2.52. The highest BCUT2D eigenvalue weighted by Crippen LogP contribution is 2.59. The maximum Gasteiger partial charge on any atom is 0.192 e. The number of hydrogen-bond donors (Lipinski definition) is 1. The molecule has 0 radical (unpaired) electrons. The molecule has 3 aliphatic carbocycles. The molecular formula is C45H88O6Si3. The first kappa shape index (κ1) is 48.3. The van der Waals surface area contributed by atoms with Crippen molar-refractivity contribution >= 4 is 25.0 Å². The predicted octanol–water partition coefficient (Wildman–Crippen LogP) is 12.6. The summed E-state index contributed by atoms with van der Waals surface area (Å²) in [6.07, 6.45) is 13.4. The molecule has 0 amide bonds. The van der Waals surface area contributed by atoms with Gasteiger partial charge in [0, 0.05) is 6.61 Å². The van der Waals surface area contributed by atoms with E-state index in [4.69, 9.17) is 22.8 Å². The second-order valence-electron chi connectivity index (χ2n) is 23.0. The van der Waals surface area contributed by atoms with Crippen molar-refractivity contribution in [3.8, 4) is 0 Å². The second-order valence-corrected chi connectivity index (χ2v) is 37.3. The Labute approximate surface area is 337 Å². The molecule has 0 saturated heterocycles. The van der Waals surface area contributed by atoms with E-state index in [2.05, 4.69) is 128 Å². The van der Waals surface area contributed by atoms with E-state index in [9.17, 15) is 5.11 Å². The summed E-state index contributed by atoms with van der Waals surface area (Å²) in [6.45, 7) is 45.4. The van der Waals surface area contributed by atoms with Crippen molar-refractivity contribution in [2.75, 3.05) is 19.8 Å². The number of hydrogen-bond acceptors (Lipinski definition) is 6. The Morgan fingerprint density at radius 2 is 1.26 bits per heavy atom. The van der Waals surface area contributed by atoms with Crippen LogP contribution in [0.15, 0.2) is 23.3 Å². The van der Waals surface area contributed by atoms with Gasteiger partial charge in [0.15, 0.2) is 25.0 Å². The van der Waals surface area contributed by atoms with Crippen molar-refractivity contribution in [1.82, 2.24) is 0 Å². The smallest absolute Gasteiger partial charge is 0.192 e. The molecule has 0 aromatic rings. The van der Waals surface area contributed by atoms with Gasteiger partial charge in [0.2, 0.25) is 0 Å². The molecule has 54 heavy (non-hydrogen) atoms. The van der Waals surface area contributed by atoms with Crippen LogP contribution in [0.3, 0.4) is 0 Å². The van der Waals surface area contributed by atoms with Crippen molar-refractivity contribution in [2.24, 2.45) is 17.3 Å². The Bertz CT molecular complexity index is 1240. The SMILES string of the molecule is C[C@@H](OCCC(C)(C)O)C1CCC2C(=CC=C3C[C@@H](O[Si](C)(C)C(C)(C)C)C(OCCO[Si](C)(C)C(C)(C)C)[C@H](O[Si](C)(C)C(C)(C)C)C3)CCCC21C. The van der Waals surface area contributed by atoms with E-state index in [1.807, 2.05) is 13.8 Å². The van der Waals surface area contributed by atoms with Gasteiger partial charge in [-0.2, -0.15) is 0 Å². The third kappa shape index (κ3) is 12.2. The standard InChI is InChI=1S/C45H88O6Si3/c1-33(47-28-27-44(11,12)46)36-24-25-37-35(21-20-26-45(36,37)13)23-22-34-31-38(50-53(16,17)42(5,6)7)40(39(32-34)51-54(18,19)43(8,9)10)48-29-30-49-52(14,15)41(2,3)4/h22-23,33,36-40,46H,20-21,24-32H2,1-19H3/t33-,36?,37?,38-,39-,40?,45?/m1/s1. The predicted molar refractivity (Wildman–Crippen MR) is 237 cm³/mol. The summed E-state index contributed by atoms with van der Waals surface area (Å²) in [5.41, 5.74) is 2.60. The van der Waals surface area contributed by atoms with Crippen LogP contribution >= 0.6 is 0 Å². The molecule has 0 aliphatic heterocycles. The zero-order chi connectivity index (χ0) is 41.3. The molecule has 3 saturated carbocycles. The lowest BCUT2D eigenvalue weighted by Crippen LogP contribution is -2.56. The molecule has 6 nitrogen and oxygen atoms in total. The number of aliphatic hydroxyl groups is 1. The van der Waals surface area contributed by atoms with Crippen molar-refractivity contribution in [2.45, 2.75) is 226 Å². The number of allylic oxidation sites excluding steroid dienone is 3. The monoisotopic (exact) mass is 809 g/mol. The minimum atomic E-state index is -2.13. The van der Waals surface area contributed by atoms with Gasteiger partial charge in [-0.15, -0.1) is 0 Å². The van der Waals surface area contributed by atoms with Crippen molar-refractivity contribution in [1.29, 1.82) is 0 Å². The van der Waals surface area contributed by atoms with Crippen molar-refractivity contribution in [3.63, 3.8) is 0 Å². The maximum absolute atomic E-state index is 10.2. The Morgan fingerprint density at radius 1 is 0.741 bits per heavy atom. The minimum absolute atomic E-state index is 0.0682. The van der Waals surface area contributed by atoms with E-state index in [1.165, 1.54) is 37.7 Å². The van der Waals surface area contributed by atoms with Gasteiger partial charge in [0.05, 0.1) is 37.1 Å². The second kappa shape index (κ2) is 17.6. The van der Waals surface area contributed by atoms with E-state index in [1.54, 1.807) is 5.57 Å². The Hall–Kier alpha value is -0.109. The van der Waals surface area contributed by atoms with Crippen molar-refractivity contribution in [3.05, 3.63) is 23.3 Å².